The van der Waals surface area contributed by atoms with Gasteiger partial charge >= 0.3 is 0 Å². The smallest absolute Gasteiger partial charge is 0.297 e. The van der Waals surface area contributed by atoms with Crippen molar-refractivity contribution in [1.82, 2.24) is 0 Å². The number of sulfonamides is 1. The number of rotatable bonds is 6. The first kappa shape index (κ1) is 16.2. The van der Waals surface area contributed by atoms with E-state index in [1.807, 2.05) is 4.72 Å². The number of nitrogens with zero attached hydrogens (tertiary/aromatic N) is 1. The lowest BCUT2D eigenvalue weighted by atomic mass is 10.2. The Kier molecular flexibility index (Phi) is 4.55. The van der Waals surface area contributed by atoms with E-state index in [2.05, 4.69) is 0 Å². The Balaban J connectivity index is 3.18. The van der Waals surface area contributed by atoms with Crippen LogP contribution in [0.1, 0.15) is 0 Å². The standard InChI is InChI=1S/C9H12N2O7S2/c1-18-7-3-4-8(9(5-7)11(12)13)10-20(16,17)6-19(2,14)15/h3-5,10H,6H2,1-2H3. The van der Waals surface area contributed by atoms with Crippen molar-refractivity contribution in [2.75, 3.05) is 23.2 Å². The Morgan fingerprint density at radius 1 is 1.30 bits per heavy atom. The van der Waals surface area contributed by atoms with Gasteiger partial charge in [-0.3, -0.25) is 14.8 Å². The van der Waals surface area contributed by atoms with Crippen LogP contribution < -0.4 is 9.46 Å². The Labute approximate surface area is 115 Å². The molecule has 11 heteroatoms. The van der Waals surface area contributed by atoms with Gasteiger partial charge in [-0.2, -0.15) is 0 Å². The highest BCUT2D eigenvalue weighted by atomic mass is 32.3. The summed E-state index contributed by atoms with van der Waals surface area (Å²) in [6, 6.07) is 3.46. The van der Waals surface area contributed by atoms with Crippen molar-refractivity contribution < 1.29 is 26.5 Å². The summed E-state index contributed by atoms with van der Waals surface area (Å²) in [5.74, 6) is 0.169. The molecule has 0 heterocycles. The highest BCUT2D eigenvalue weighted by Crippen LogP contribution is 2.29. The van der Waals surface area contributed by atoms with E-state index in [4.69, 9.17) is 4.74 Å². The van der Waals surface area contributed by atoms with Crippen LogP contribution in [0.4, 0.5) is 11.4 Å². The van der Waals surface area contributed by atoms with Crippen molar-refractivity contribution in [3.05, 3.63) is 28.3 Å². The maximum atomic E-state index is 11.6. The SMILES string of the molecule is COc1ccc(NS(=O)(=O)CS(C)(=O)=O)c([N+](=O)[O-])c1. The number of ether oxygens (including phenoxy) is 1. The minimum atomic E-state index is -4.25. The molecule has 9 nitrogen and oxygen atoms in total. The Hall–Kier alpha value is -1.88. The molecule has 1 rings (SSSR count). The van der Waals surface area contributed by atoms with E-state index >= 15 is 0 Å². The number of nitro groups is 1. The lowest BCUT2D eigenvalue weighted by molar-refractivity contribution is -0.384. The van der Waals surface area contributed by atoms with Gasteiger partial charge in [-0.15, -0.1) is 0 Å². The Morgan fingerprint density at radius 3 is 2.35 bits per heavy atom. The van der Waals surface area contributed by atoms with Gasteiger partial charge < -0.3 is 4.74 Å². The van der Waals surface area contributed by atoms with Crippen molar-refractivity contribution in [3.63, 3.8) is 0 Å². The van der Waals surface area contributed by atoms with E-state index < -0.39 is 35.6 Å². The molecule has 0 radical (unpaired) electrons. The van der Waals surface area contributed by atoms with Crippen LogP contribution in [0, 0.1) is 10.1 Å². The molecule has 0 fully saturated rings. The van der Waals surface area contributed by atoms with Crippen LogP contribution in [0.2, 0.25) is 0 Å². The molecule has 1 aromatic rings. The maximum Gasteiger partial charge on any atom is 0.297 e. The summed E-state index contributed by atoms with van der Waals surface area (Å²) in [6.45, 7) is 0. The van der Waals surface area contributed by atoms with E-state index in [-0.39, 0.29) is 11.4 Å². The second kappa shape index (κ2) is 5.63. The maximum absolute atomic E-state index is 11.6. The molecule has 0 unspecified atom stereocenters. The molecule has 112 valence electrons. The van der Waals surface area contributed by atoms with Crippen molar-refractivity contribution in [2.45, 2.75) is 0 Å². The molecule has 0 atom stereocenters. The first-order valence-electron chi connectivity index (χ1n) is 5.05. The zero-order chi connectivity index (χ0) is 15.6. The molecule has 1 aromatic carbocycles. The summed E-state index contributed by atoms with van der Waals surface area (Å²) >= 11 is 0. The average Bonchev–Trinajstić information content (AvgIpc) is 2.25. The molecule has 0 saturated carbocycles. The van der Waals surface area contributed by atoms with E-state index in [1.54, 1.807) is 0 Å². The van der Waals surface area contributed by atoms with Gasteiger partial charge in [0, 0.05) is 6.26 Å². The number of benzene rings is 1. The number of nitrogens with one attached hydrogen (secondary N) is 1. The first-order valence-corrected chi connectivity index (χ1v) is 8.76. The molecule has 0 saturated heterocycles. The highest BCUT2D eigenvalue weighted by Gasteiger charge is 2.23. The number of hydrogen-bond donors (Lipinski definition) is 1. The van der Waals surface area contributed by atoms with E-state index in [9.17, 15) is 26.9 Å². The van der Waals surface area contributed by atoms with Crippen LogP contribution in [0.3, 0.4) is 0 Å². The van der Waals surface area contributed by atoms with Crippen molar-refractivity contribution in [2.24, 2.45) is 0 Å². The zero-order valence-corrected chi connectivity index (χ0v) is 12.2. The summed E-state index contributed by atoms with van der Waals surface area (Å²) in [6.07, 6.45) is 0.745. The van der Waals surface area contributed by atoms with Gasteiger partial charge in [0.05, 0.1) is 18.1 Å². The molecule has 0 aliphatic rings. The van der Waals surface area contributed by atoms with Gasteiger partial charge in [0.25, 0.3) is 5.69 Å². The molecule has 0 bridgehead atoms. The molecule has 0 aliphatic heterocycles. The third-order valence-corrected chi connectivity index (χ3v) is 5.52. The number of methoxy groups -OCH3 is 1. The molecule has 20 heavy (non-hydrogen) atoms. The predicted molar refractivity (Wildman–Crippen MR) is 71.9 cm³/mol. The Bertz CT molecular complexity index is 725. The van der Waals surface area contributed by atoms with Gasteiger partial charge in [-0.1, -0.05) is 0 Å². The minimum absolute atomic E-state index is 0.169. The molecule has 0 amide bonds. The third-order valence-electron chi connectivity index (χ3n) is 2.04. The second-order valence-corrected chi connectivity index (χ2v) is 8.13. The lowest BCUT2D eigenvalue weighted by Gasteiger charge is -2.08. The zero-order valence-electron chi connectivity index (χ0n) is 10.6. The summed E-state index contributed by atoms with van der Waals surface area (Å²) < 4.78 is 51.8. The van der Waals surface area contributed by atoms with E-state index in [1.165, 1.54) is 13.2 Å². The monoisotopic (exact) mass is 324 g/mol. The van der Waals surface area contributed by atoms with Crippen molar-refractivity contribution in [3.8, 4) is 5.75 Å². The number of anilines is 1. The quantitative estimate of drug-likeness (QED) is 0.589. The van der Waals surface area contributed by atoms with Gasteiger partial charge in [0.2, 0.25) is 10.0 Å². The number of sulfone groups is 1. The molecular weight excluding hydrogens is 312 g/mol. The molecule has 0 aromatic heterocycles. The van der Waals surface area contributed by atoms with Crippen LogP contribution in [0.5, 0.6) is 5.75 Å². The average molecular weight is 324 g/mol. The second-order valence-electron chi connectivity index (χ2n) is 3.90. The summed E-state index contributed by atoms with van der Waals surface area (Å²) in [5, 5.41) is 9.69. The third kappa shape index (κ3) is 4.66. The van der Waals surface area contributed by atoms with Crippen molar-refractivity contribution >= 4 is 31.2 Å². The van der Waals surface area contributed by atoms with Gasteiger partial charge in [-0.25, -0.2) is 16.8 Å². The fraction of sp³-hybridized carbons (Fsp3) is 0.333. The van der Waals surface area contributed by atoms with Crippen molar-refractivity contribution in [1.29, 1.82) is 0 Å². The van der Waals surface area contributed by atoms with E-state index in [0.717, 1.165) is 18.4 Å². The summed E-state index contributed by atoms with van der Waals surface area (Å²) in [5.41, 5.74) is -0.874. The minimum Gasteiger partial charge on any atom is -0.496 e. The summed E-state index contributed by atoms with van der Waals surface area (Å²) in [4.78, 5) is 10.1. The van der Waals surface area contributed by atoms with Gasteiger partial charge in [-0.05, 0) is 12.1 Å². The molecule has 0 spiro atoms. The first-order chi connectivity index (χ1) is 9.04. The predicted octanol–water partition coefficient (Wildman–Crippen LogP) is 0.347. The molecule has 0 aliphatic carbocycles. The highest BCUT2D eigenvalue weighted by molar-refractivity contribution is 8.08. The van der Waals surface area contributed by atoms with Crippen LogP contribution in [-0.2, 0) is 19.9 Å². The topological polar surface area (TPSA) is 133 Å². The summed E-state index contributed by atoms with van der Waals surface area (Å²) in [7, 11) is -6.75. The molecular formula is C9H12N2O7S2. The van der Waals surface area contributed by atoms with Crippen LogP contribution >= 0.6 is 0 Å². The van der Waals surface area contributed by atoms with Crippen LogP contribution in [0.15, 0.2) is 18.2 Å². The molecule has 1 N–H and O–H groups in total. The van der Waals surface area contributed by atoms with Gasteiger partial charge in [0.1, 0.15) is 11.4 Å². The fourth-order valence-corrected chi connectivity index (χ4v) is 4.35. The van der Waals surface area contributed by atoms with Gasteiger partial charge in [0.15, 0.2) is 14.9 Å². The Morgan fingerprint density at radius 2 is 1.90 bits per heavy atom. The lowest BCUT2D eigenvalue weighted by Crippen LogP contribution is -2.22. The van der Waals surface area contributed by atoms with E-state index in [0.29, 0.717) is 0 Å². The fourth-order valence-electron chi connectivity index (χ4n) is 1.35. The largest absolute Gasteiger partial charge is 0.496 e. The number of hydrogen-bond acceptors (Lipinski definition) is 7. The normalized spacial score (nSPS) is 11.9. The van der Waals surface area contributed by atoms with Crippen LogP contribution in [0.25, 0.3) is 0 Å². The number of nitro benzene ring substituents is 1. The van der Waals surface area contributed by atoms with Crippen LogP contribution in [-0.4, -0.2) is 40.2 Å².